The first-order valence-electron chi connectivity index (χ1n) is 2.77. The molecule has 0 aromatic rings. The van der Waals surface area contributed by atoms with Crippen molar-refractivity contribution in [2.24, 2.45) is 0 Å². The maximum Gasteiger partial charge on any atom is 0.333 e. The number of hydrogen-bond acceptors (Lipinski definition) is 4. The third-order valence-electron chi connectivity index (χ3n) is 0.756. The van der Waals surface area contributed by atoms with Gasteiger partial charge in [0.1, 0.15) is 6.61 Å². The second-order valence-corrected chi connectivity index (χ2v) is 2.42. The molecule has 10 heavy (non-hydrogen) atoms. The molecule has 0 aliphatic rings. The average molecular weight is 162 g/mol. The summed E-state index contributed by atoms with van der Waals surface area (Å²) in [4.78, 5) is 10.6. The van der Waals surface area contributed by atoms with Crippen LogP contribution >= 0.6 is 12.0 Å². The van der Waals surface area contributed by atoms with E-state index in [1.807, 2.05) is 0 Å². The van der Waals surface area contributed by atoms with E-state index in [9.17, 15) is 4.79 Å². The Morgan fingerprint density at radius 1 is 1.80 bits per heavy atom. The van der Waals surface area contributed by atoms with E-state index in [0.29, 0.717) is 23.4 Å². The maximum atomic E-state index is 10.6. The van der Waals surface area contributed by atoms with Gasteiger partial charge in [0, 0.05) is 5.57 Å². The van der Waals surface area contributed by atoms with Crippen molar-refractivity contribution in [1.29, 1.82) is 0 Å². The second-order valence-electron chi connectivity index (χ2n) is 1.75. The lowest BCUT2D eigenvalue weighted by Crippen LogP contribution is -2.07. The van der Waals surface area contributed by atoms with Crippen LogP contribution in [0.4, 0.5) is 0 Å². The smallest absolute Gasteiger partial charge is 0.333 e. The minimum absolute atomic E-state index is 0.229. The highest BCUT2D eigenvalue weighted by Gasteiger charge is 2.00. The van der Waals surface area contributed by atoms with Crippen molar-refractivity contribution >= 4 is 18.0 Å². The molecule has 4 heteroatoms. The molecule has 0 saturated heterocycles. The van der Waals surface area contributed by atoms with Gasteiger partial charge in [0.25, 0.3) is 0 Å². The van der Waals surface area contributed by atoms with Gasteiger partial charge in [-0.1, -0.05) is 6.58 Å². The van der Waals surface area contributed by atoms with Crippen molar-refractivity contribution < 1.29 is 14.1 Å². The van der Waals surface area contributed by atoms with E-state index in [1.165, 1.54) is 0 Å². The van der Waals surface area contributed by atoms with Gasteiger partial charge >= 0.3 is 5.97 Å². The molecule has 3 nitrogen and oxygen atoms in total. The predicted molar refractivity (Wildman–Crippen MR) is 40.9 cm³/mol. The van der Waals surface area contributed by atoms with Crippen LogP contribution in [0.1, 0.15) is 6.92 Å². The van der Waals surface area contributed by atoms with Crippen molar-refractivity contribution in [3.05, 3.63) is 12.2 Å². The number of rotatable bonds is 4. The summed E-state index contributed by atoms with van der Waals surface area (Å²) in [5, 5.41) is 0. The van der Waals surface area contributed by atoms with Crippen LogP contribution < -0.4 is 0 Å². The molecule has 0 radical (unpaired) electrons. The Labute approximate surface area is 64.3 Å². The summed E-state index contributed by atoms with van der Waals surface area (Å²) >= 11 is 0.648. The highest BCUT2D eigenvalue weighted by atomic mass is 32.2. The van der Waals surface area contributed by atoms with Crippen LogP contribution in [-0.4, -0.2) is 22.9 Å². The van der Waals surface area contributed by atoms with Crippen molar-refractivity contribution in [2.75, 3.05) is 12.4 Å². The Kier molecular flexibility index (Phi) is 5.06. The number of carbonyl (C=O) groups excluding carboxylic acids is 1. The number of esters is 1. The topological polar surface area (TPSA) is 46.5 Å². The molecule has 0 spiro atoms. The van der Waals surface area contributed by atoms with Gasteiger partial charge in [-0.15, -0.1) is 0 Å². The fraction of sp³-hybridized carbons (Fsp3) is 0.500. The molecule has 0 heterocycles. The molecule has 0 unspecified atom stereocenters. The third-order valence-corrected chi connectivity index (χ3v) is 1.11. The molecule has 58 valence electrons. The van der Waals surface area contributed by atoms with Crippen molar-refractivity contribution in [1.82, 2.24) is 0 Å². The zero-order chi connectivity index (χ0) is 7.98. The maximum absolute atomic E-state index is 10.6. The van der Waals surface area contributed by atoms with Crippen molar-refractivity contribution in [3.63, 3.8) is 0 Å². The Morgan fingerprint density at radius 2 is 2.40 bits per heavy atom. The summed E-state index contributed by atoms with van der Waals surface area (Å²) in [5.74, 6) is -0.00648. The molecule has 0 bridgehead atoms. The largest absolute Gasteiger partial charge is 0.461 e. The van der Waals surface area contributed by atoms with Gasteiger partial charge in [0.2, 0.25) is 0 Å². The van der Waals surface area contributed by atoms with E-state index in [0.717, 1.165) is 0 Å². The SMILES string of the molecule is C=C(C)C(=O)OCCSO. The molecule has 0 atom stereocenters. The molecule has 0 saturated carbocycles. The first-order valence-corrected chi connectivity index (χ1v) is 3.71. The van der Waals surface area contributed by atoms with Gasteiger partial charge < -0.3 is 9.29 Å². The second kappa shape index (κ2) is 5.32. The van der Waals surface area contributed by atoms with Crippen LogP contribution in [0.3, 0.4) is 0 Å². The number of ether oxygens (including phenoxy) is 1. The first kappa shape index (κ1) is 9.52. The monoisotopic (exact) mass is 162 g/mol. The van der Waals surface area contributed by atoms with Crippen LogP contribution in [0, 0.1) is 0 Å². The lowest BCUT2D eigenvalue weighted by molar-refractivity contribution is -0.138. The minimum Gasteiger partial charge on any atom is -0.461 e. The van der Waals surface area contributed by atoms with Gasteiger partial charge in [-0.2, -0.15) is 0 Å². The minimum atomic E-state index is -0.408. The summed E-state index contributed by atoms with van der Waals surface area (Å²) in [6, 6.07) is 0. The lowest BCUT2D eigenvalue weighted by Gasteiger charge is -2.00. The first-order chi connectivity index (χ1) is 4.68. The molecule has 0 aliphatic carbocycles. The van der Waals surface area contributed by atoms with E-state index in [-0.39, 0.29) is 6.61 Å². The van der Waals surface area contributed by atoms with Crippen molar-refractivity contribution in [3.8, 4) is 0 Å². The quantitative estimate of drug-likeness (QED) is 0.293. The lowest BCUT2D eigenvalue weighted by atomic mass is 10.4. The molecular weight excluding hydrogens is 152 g/mol. The molecule has 1 N–H and O–H groups in total. The number of carbonyl (C=O) groups is 1. The van der Waals surface area contributed by atoms with E-state index in [1.54, 1.807) is 6.92 Å². The summed E-state index contributed by atoms with van der Waals surface area (Å²) in [7, 11) is 0. The molecule has 0 amide bonds. The summed E-state index contributed by atoms with van der Waals surface area (Å²) in [5.41, 5.74) is 0.378. The Balaban J connectivity index is 3.31. The van der Waals surface area contributed by atoms with Crippen LogP contribution in [-0.2, 0) is 9.53 Å². The van der Waals surface area contributed by atoms with Crippen LogP contribution in [0.5, 0.6) is 0 Å². The molecule has 0 fully saturated rings. The van der Waals surface area contributed by atoms with Crippen LogP contribution in [0.2, 0.25) is 0 Å². The molecule has 0 aromatic heterocycles. The van der Waals surface area contributed by atoms with E-state index in [2.05, 4.69) is 11.3 Å². The van der Waals surface area contributed by atoms with Crippen LogP contribution in [0.15, 0.2) is 12.2 Å². The normalized spacial score (nSPS) is 9.00. The van der Waals surface area contributed by atoms with E-state index >= 15 is 0 Å². The Hall–Kier alpha value is -0.480. The standard InChI is InChI=1S/C6H10O3S/c1-5(2)6(7)9-3-4-10-8/h8H,1,3-4H2,2H3. The van der Waals surface area contributed by atoms with E-state index < -0.39 is 5.97 Å². The predicted octanol–water partition coefficient (Wildman–Crippen LogP) is 1.31. The van der Waals surface area contributed by atoms with Gasteiger partial charge in [0.15, 0.2) is 0 Å². The summed E-state index contributed by atoms with van der Waals surface area (Å²) in [6.45, 7) is 5.20. The number of hydrogen-bond donors (Lipinski definition) is 1. The Morgan fingerprint density at radius 3 is 2.80 bits per heavy atom. The third kappa shape index (κ3) is 4.40. The van der Waals surface area contributed by atoms with Crippen LogP contribution in [0.25, 0.3) is 0 Å². The van der Waals surface area contributed by atoms with E-state index in [4.69, 9.17) is 4.55 Å². The molecular formula is C6H10O3S. The van der Waals surface area contributed by atoms with Crippen molar-refractivity contribution in [2.45, 2.75) is 6.92 Å². The van der Waals surface area contributed by atoms with Gasteiger partial charge in [0.05, 0.1) is 5.75 Å². The fourth-order valence-corrected chi connectivity index (χ4v) is 0.453. The van der Waals surface area contributed by atoms with Gasteiger partial charge in [-0.3, -0.25) is 0 Å². The van der Waals surface area contributed by atoms with Gasteiger partial charge in [-0.05, 0) is 19.0 Å². The Bertz CT molecular complexity index is 133. The summed E-state index contributed by atoms with van der Waals surface area (Å²) in [6.07, 6.45) is 0. The summed E-state index contributed by atoms with van der Waals surface area (Å²) < 4.78 is 12.8. The zero-order valence-corrected chi connectivity index (χ0v) is 6.61. The highest BCUT2D eigenvalue weighted by Crippen LogP contribution is 1.94. The average Bonchev–Trinajstić information content (AvgIpc) is 1.88. The molecule has 0 rings (SSSR count). The molecule has 0 aliphatic heterocycles. The zero-order valence-electron chi connectivity index (χ0n) is 5.79. The highest BCUT2D eigenvalue weighted by molar-refractivity contribution is 7.93. The molecule has 0 aromatic carbocycles. The fourth-order valence-electron chi connectivity index (χ4n) is 0.295. The van der Waals surface area contributed by atoms with Gasteiger partial charge in [-0.25, -0.2) is 4.79 Å².